The van der Waals surface area contributed by atoms with E-state index in [9.17, 15) is 8.42 Å². The minimum absolute atomic E-state index is 0.0230. The zero-order valence-electron chi connectivity index (χ0n) is 11.3. The van der Waals surface area contributed by atoms with E-state index in [2.05, 4.69) is 10.0 Å². The minimum atomic E-state index is -3.20. The van der Waals surface area contributed by atoms with Crippen molar-refractivity contribution in [2.45, 2.75) is 13.8 Å². The van der Waals surface area contributed by atoms with Crippen LogP contribution >= 0.6 is 0 Å². The molecule has 1 aromatic carbocycles. The molecule has 0 saturated carbocycles. The minimum Gasteiger partial charge on any atom is -0.492 e. The number of hydrogen-bond donors (Lipinski definition) is 3. The zero-order chi connectivity index (χ0) is 14.3. The fourth-order valence-electron chi connectivity index (χ4n) is 1.55. The van der Waals surface area contributed by atoms with Gasteiger partial charge in [0.05, 0.1) is 18.0 Å². The second-order valence-corrected chi connectivity index (χ2v) is 5.86. The first-order valence-electron chi connectivity index (χ1n) is 6.22. The highest BCUT2D eigenvalue weighted by atomic mass is 32.2. The van der Waals surface area contributed by atoms with E-state index in [4.69, 9.17) is 10.5 Å². The summed E-state index contributed by atoms with van der Waals surface area (Å²) in [4.78, 5) is 0. The SMILES string of the molecule is CCNS(=O)(=O)CCNc1ccc(N)c(OCC)c1. The van der Waals surface area contributed by atoms with Crippen molar-refractivity contribution in [3.63, 3.8) is 0 Å². The Balaban J connectivity index is 2.56. The van der Waals surface area contributed by atoms with Crippen molar-refractivity contribution in [2.75, 3.05) is 36.5 Å². The van der Waals surface area contributed by atoms with Gasteiger partial charge in [-0.1, -0.05) is 6.92 Å². The largest absolute Gasteiger partial charge is 0.492 e. The first-order chi connectivity index (χ1) is 8.98. The summed E-state index contributed by atoms with van der Waals surface area (Å²) in [5, 5.41) is 3.03. The summed E-state index contributed by atoms with van der Waals surface area (Å²) in [5.74, 6) is 0.622. The fraction of sp³-hybridized carbons (Fsp3) is 0.500. The van der Waals surface area contributed by atoms with Crippen LogP contribution in [0.15, 0.2) is 18.2 Å². The quantitative estimate of drug-likeness (QED) is 0.621. The highest BCUT2D eigenvalue weighted by Gasteiger charge is 2.08. The number of nitrogens with one attached hydrogen (secondary N) is 2. The molecule has 0 amide bonds. The number of nitrogen functional groups attached to an aromatic ring is 1. The summed E-state index contributed by atoms with van der Waals surface area (Å²) in [7, 11) is -3.20. The number of anilines is 2. The molecular weight excluding hydrogens is 266 g/mol. The molecule has 19 heavy (non-hydrogen) atoms. The van der Waals surface area contributed by atoms with Gasteiger partial charge in [-0.3, -0.25) is 0 Å². The van der Waals surface area contributed by atoms with E-state index < -0.39 is 10.0 Å². The van der Waals surface area contributed by atoms with Gasteiger partial charge in [-0.2, -0.15) is 0 Å². The molecule has 108 valence electrons. The summed E-state index contributed by atoms with van der Waals surface area (Å²) >= 11 is 0. The lowest BCUT2D eigenvalue weighted by Crippen LogP contribution is -2.29. The summed E-state index contributed by atoms with van der Waals surface area (Å²) in [6.07, 6.45) is 0. The number of rotatable bonds is 8. The second kappa shape index (κ2) is 7.20. The van der Waals surface area contributed by atoms with Gasteiger partial charge in [0.2, 0.25) is 10.0 Å². The number of sulfonamides is 1. The Labute approximate surface area is 114 Å². The van der Waals surface area contributed by atoms with E-state index in [0.29, 0.717) is 31.1 Å². The van der Waals surface area contributed by atoms with Crippen LogP contribution in [0.5, 0.6) is 5.75 Å². The lowest BCUT2D eigenvalue weighted by Gasteiger charge is -2.11. The summed E-state index contributed by atoms with van der Waals surface area (Å²) < 4.78 is 30.7. The smallest absolute Gasteiger partial charge is 0.213 e. The summed E-state index contributed by atoms with van der Waals surface area (Å²) in [6, 6.07) is 5.28. The molecule has 0 aromatic heterocycles. The molecule has 0 fully saturated rings. The van der Waals surface area contributed by atoms with Crippen LogP contribution in [0.3, 0.4) is 0 Å². The summed E-state index contributed by atoms with van der Waals surface area (Å²) in [6.45, 7) is 4.88. The van der Waals surface area contributed by atoms with Crippen LogP contribution in [0.4, 0.5) is 11.4 Å². The average Bonchev–Trinajstić information content (AvgIpc) is 2.33. The van der Waals surface area contributed by atoms with Crippen LogP contribution in [-0.4, -0.2) is 33.9 Å². The van der Waals surface area contributed by atoms with Crippen LogP contribution in [0.2, 0.25) is 0 Å². The molecule has 6 nitrogen and oxygen atoms in total. The van der Waals surface area contributed by atoms with Crippen molar-refractivity contribution >= 4 is 21.4 Å². The maximum Gasteiger partial charge on any atom is 0.213 e. The molecule has 1 aromatic rings. The van der Waals surface area contributed by atoms with E-state index in [1.165, 1.54) is 0 Å². The van der Waals surface area contributed by atoms with Crippen LogP contribution in [0.1, 0.15) is 13.8 Å². The number of hydrogen-bond acceptors (Lipinski definition) is 5. The second-order valence-electron chi connectivity index (χ2n) is 3.93. The molecule has 0 aliphatic carbocycles. The molecule has 4 N–H and O–H groups in total. The lowest BCUT2D eigenvalue weighted by atomic mass is 10.2. The molecule has 0 aliphatic rings. The molecular formula is C12H21N3O3S. The Bertz CT molecular complexity index is 503. The molecule has 0 spiro atoms. The molecule has 0 radical (unpaired) electrons. The number of benzene rings is 1. The van der Waals surface area contributed by atoms with Crippen LogP contribution < -0.4 is 20.5 Å². The van der Waals surface area contributed by atoms with Gasteiger partial charge in [0, 0.05) is 24.8 Å². The topological polar surface area (TPSA) is 93.5 Å². The van der Waals surface area contributed by atoms with Gasteiger partial charge < -0.3 is 15.8 Å². The molecule has 0 unspecified atom stereocenters. The zero-order valence-corrected chi connectivity index (χ0v) is 12.1. The average molecular weight is 287 g/mol. The standard InChI is InChI=1S/C12H21N3O3S/c1-3-15-19(16,17)8-7-14-10-5-6-11(13)12(9-10)18-4-2/h5-6,9,14-15H,3-4,7-8,13H2,1-2H3. The molecule has 0 heterocycles. The Morgan fingerprint density at radius 2 is 2.05 bits per heavy atom. The first kappa shape index (κ1) is 15.6. The highest BCUT2D eigenvalue weighted by Crippen LogP contribution is 2.25. The predicted molar refractivity (Wildman–Crippen MR) is 78.0 cm³/mol. The van der Waals surface area contributed by atoms with Crippen molar-refractivity contribution in [1.29, 1.82) is 0 Å². The van der Waals surface area contributed by atoms with Gasteiger partial charge in [0.15, 0.2) is 0 Å². The molecule has 0 saturated heterocycles. The summed E-state index contributed by atoms with van der Waals surface area (Å²) in [5.41, 5.74) is 7.10. The van der Waals surface area contributed by atoms with Crippen LogP contribution in [0, 0.1) is 0 Å². The molecule has 0 aliphatic heterocycles. The Morgan fingerprint density at radius 3 is 2.68 bits per heavy atom. The van der Waals surface area contributed by atoms with Crippen molar-refractivity contribution in [3.8, 4) is 5.75 Å². The number of nitrogens with two attached hydrogens (primary N) is 1. The fourth-order valence-corrected chi connectivity index (χ4v) is 2.50. The molecule has 1 rings (SSSR count). The van der Waals surface area contributed by atoms with Gasteiger partial charge >= 0.3 is 0 Å². The van der Waals surface area contributed by atoms with Gasteiger partial charge in [0.25, 0.3) is 0 Å². The van der Waals surface area contributed by atoms with Crippen molar-refractivity contribution in [2.24, 2.45) is 0 Å². The third-order valence-electron chi connectivity index (χ3n) is 2.38. The molecule has 7 heteroatoms. The maximum atomic E-state index is 11.4. The molecule has 0 atom stereocenters. The first-order valence-corrected chi connectivity index (χ1v) is 7.87. The van der Waals surface area contributed by atoms with Crippen LogP contribution in [-0.2, 0) is 10.0 Å². The van der Waals surface area contributed by atoms with E-state index in [1.807, 2.05) is 6.92 Å². The van der Waals surface area contributed by atoms with Crippen molar-refractivity contribution in [3.05, 3.63) is 18.2 Å². The van der Waals surface area contributed by atoms with Gasteiger partial charge in [0.1, 0.15) is 5.75 Å². The van der Waals surface area contributed by atoms with E-state index in [0.717, 1.165) is 5.69 Å². The predicted octanol–water partition coefficient (Wildman–Crippen LogP) is 1.02. The monoisotopic (exact) mass is 287 g/mol. The Morgan fingerprint density at radius 1 is 1.32 bits per heavy atom. The Hall–Kier alpha value is -1.47. The lowest BCUT2D eigenvalue weighted by molar-refractivity contribution is 0.342. The number of ether oxygens (including phenoxy) is 1. The van der Waals surface area contributed by atoms with Crippen LogP contribution in [0.25, 0.3) is 0 Å². The van der Waals surface area contributed by atoms with Gasteiger partial charge in [-0.05, 0) is 19.1 Å². The van der Waals surface area contributed by atoms with E-state index in [-0.39, 0.29) is 5.75 Å². The maximum absolute atomic E-state index is 11.4. The normalized spacial score (nSPS) is 11.3. The highest BCUT2D eigenvalue weighted by molar-refractivity contribution is 7.89. The van der Waals surface area contributed by atoms with Crippen molar-refractivity contribution < 1.29 is 13.2 Å². The van der Waals surface area contributed by atoms with Gasteiger partial charge in [-0.25, -0.2) is 13.1 Å². The van der Waals surface area contributed by atoms with Crippen molar-refractivity contribution in [1.82, 2.24) is 4.72 Å². The Kier molecular flexibility index (Phi) is 5.91. The molecule has 0 bridgehead atoms. The third-order valence-corrected chi connectivity index (χ3v) is 3.85. The third kappa shape index (κ3) is 5.35. The van der Waals surface area contributed by atoms with E-state index >= 15 is 0 Å². The van der Waals surface area contributed by atoms with Gasteiger partial charge in [-0.15, -0.1) is 0 Å². The van der Waals surface area contributed by atoms with E-state index in [1.54, 1.807) is 25.1 Å².